The molecule has 0 amide bonds. The van der Waals surface area contributed by atoms with Crippen LogP contribution in [0.1, 0.15) is 43.0 Å². The van der Waals surface area contributed by atoms with E-state index in [9.17, 15) is 4.39 Å². The zero-order valence-corrected chi connectivity index (χ0v) is 19.9. The van der Waals surface area contributed by atoms with Crippen LogP contribution in [0, 0.1) is 12.7 Å². The Morgan fingerprint density at radius 3 is 2.36 bits per heavy atom. The normalized spacial score (nSPS) is 10.9. The van der Waals surface area contributed by atoms with Crippen LogP contribution in [0.5, 0.6) is 5.75 Å². The summed E-state index contributed by atoms with van der Waals surface area (Å²) in [5, 5.41) is 0. The summed E-state index contributed by atoms with van der Waals surface area (Å²) >= 11 is 0. The molecule has 0 saturated carbocycles. The van der Waals surface area contributed by atoms with Crippen molar-refractivity contribution in [3.8, 4) is 5.75 Å². The minimum atomic E-state index is -0.132. The van der Waals surface area contributed by atoms with Gasteiger partial charge in [-0.2, -0.15) is 0 Å². The van der Waals surface area contributed by atoms with Crippen LogP contribution in [-0.4, -0.2) is 24.0 Å². The average molecular weight is 450 g/mol. The number of aromatic nitrogens is 1. The van der Waals surface area contributed by atoms with E-state index in [1.165, 1.54) is 6.07 Å². The molecule has 0 aliphatic rings. The van der Waals surface area contributed by atoms with Gasteiger partial charge < -0.3 is 15.2 Å². The Hall–Kier alpha value is -3.67. The van der Waals surface area contributed by atoms with Crippen molar-refractivity contribution in [2.45, 2.75) is 40.2 Å². The number of aryl methyl sites for hydroxylation is 2. The summed E-state index contributed by atoms with van der Waals surface area (Å²) in [7, 11) is 1.57. The molecular weight excluding hydrogens is 417 g/mol. The maximum absolute atomic E-state index is 12.3. The second-order valence-electron chi connectivity index (χ2n) is 7.66. The molecule has 1 aromatic heterocycles. The van der Waals surface area contributed by atoms with Gasteiger partial charge in [-0.05, 0) is 74.7 Å². The van der Waals surface area contributed by atoms with Crippen LogP contribution in [0.2, 0.25) is 0 Å². The van der Waals surface area contributed by atoms with Crippen LogP contribution < -0.4 is 10.5 Å². The lowest BCUT2D eigenvalue weighted by Gasteiger charge is -2.13. The number of aliphatic imine (C=N–C) groups is 1. The zero-order chi connectivity index (χ0) is 24.4. The van der Waals surface area contributed by atoms with E-state index in [0.717, 1.165) is 28.9 Å². The molecule has 0 fully saturated rings. The van der Waals surface area contributed by atoms with E-state index in [0.29, 0.717) is 23.0 Å². The number of nitrogens with zero attached hydrogens (tertiary/aromatic N) is 2. The Labute approximate surface area is 195 Å². The van der Waals surface area contributed by atoms with Gasteiger partial charge in [0.15, 0.2) is 5.82 Å². The first-order valence-corrected chi connectivity index (χ1v) is 10.8. The third kappa shape index (κ3) is 8.07. The molecule has 0 atom stereocenters. The summed E-state index contributed by atoms with van der Waals surface area (Å²) < 4.78 is 23.2. The van der Waals surface area contributed by atoms with Crippen LogP contribution in [0.25, 0.3) is 5.76 Å². The largest absolute Gasteiger partial charge is 0.497 e. The predicted octanol–water partition coefficient (Wildman–Crippen LogP) is 6.22. The standard InChI is InChI=1S/C20H25N3O2.C7H7F/c1-6-15-9-17(11-18(10-15)25-13(2)3)20(21)23-19-8-7-16(12-22-19)14(4)24-5;1-6-4-2-3-5-7(6)8/h7-13H,4,6H2,1-3,5H3,(H2,21,22,23);2-5H,1H3. The number of rotatable bonds is 7. The van der Waals surface area contributed by atoms with Crippen LogP contribution in [0.4, 0.5) is 10.2 Å². The van der Waals surface area contributed by atoms with Crippen molar-refractivity contribution in [2.75, 3.05) is 7.11 Å². The van der Waals surface area contributed by atoms with Gasteiger partial charge in [0, 0.05) is 17.3 Å². The minimum Gasteiger partial charge on any atom is -0.497 e. The van der Waals surface area contributed by atoms with Crippen molar-refractivity contribution in [2.24, 2.45) is 10.7 Å². The van der Waals surface area contributed by atoms with E-state index in [2.05, 4.69) is 23.5 Å². The highest BCUT2D eigenvalue weighted by molar-refractivity contribution is 5.99. The highest BCUT2D eigenvalue weighted by atomic mass is 19.1. The number of hydrogen-bond donors (Lipinski definition) is 1. The Morgan fingerprint density at radius 1 is 1.12 bits per heavy atom. The van der Waals surface area contributed by atoms with Crippen molar-refractivity contribution in [3.05, 3.63) is 95.4 Å². The highest BCUT2D eigenvalue weighted by Gasteiger charge is 2.07. The minimum absolute atomic E-state index is 0.0983. The van der Waals surface area contributed by atoms with Gasteiger partial charge in [-0.25, -0.2) is 14.4 Å². The van der Waals surface area contributed by atoms with Gasteiger partial charge in [-0.15, -0.1) is 0 Å². The van der Waals surface area contributed by atoms with E-state index >= 15 is 0 Å². The summed E-state index contributed by atoms with van der Waals surface area (Å²) in [6, 6.07) is 16.3. The van der Waals surface area contributed by atoms with Crippen molar-refractivity contribution in [1.29, 1.82) is 0 Å². The maximum Gasteiger partial charge on any atom is 0.154 e. The number of benzene rings is 2. The second-order valence-corrected chi connectivity index (χ2v) is 7.66. The van der Waals surface area contributed by atoms with Crippen molar-refractivity contribution in [1.82, 2.24) is 4.98 Å². The van der Waals surface area contributed by atoms with Gasteiger partial charge in [-0.3, -0.25) is 0 Å². The number of pyridine rings is 1. The van der Waals surface area contributed by atoms with Gasteiger partial charge in [0.05, 0.1) is 13.2 Å². The van der Waals surface area contributed by atoms with Gasteiger partial charge >= 0.3 is 0 Å². The quantitative estimate of drug-likeness (QED) is 0.264. The molecule has 6 heteroatoms. The maximum atomic E-state index is 12.3. The molecule has 3 rings (SSSR count). The van der Waals surface area contributed by atoms with E-state index < -0.39 is 0 Å². The van der Waals surface area contributed by atoms with Crippen LogP contribution in [0.3, 0.4) is 0 Å². The lowest BCUT2D eigenvalue weighted by Crippen LogP contribution is -2.14. The Kier molecular flexibility index (Phi) is 9.61. The summed E-state index contributed by atoms with van der Waals surface area (Å²) in [5.74, 6) is 2.14. The zero-order valence-electron chi connectivity index (χ0n) is 19.9. The van der Waals surface area contributed by atoms with E-state index in [-0.39, 0.29) is 11.9 Å². The molecule has 33 heavy (non-hydrogen) atoms. The lowest BCUT2D eigenvalue weighted by atomic mass is 10.1. The molecule has 0 aliphatic heterocycles. The Morgan fingerprint density at radius 2 is 1.85 bits per heavy atom. The first kappa shape index (κ1) is 25.6. The fourth-order valence-corrected chi connectivity index (χ4v) is 2.83. The van der Waals surface area contributed by atoms with E-state index in [1.807, 2.05) is 44.2 Å². The summed E-state index contributed by atoms with van der Waals surface area (Å²) in [6.07, 6.45) is 2.65. The fraction of sp³-hybridized carbons (Fsp3) is 0.259. The molecule has 174 valence electrons. The number of amidine groups is 1. The molecule has 0 spiro atoms. The SMILES string of the molecule is C=C(OC)c1ccc(N=C(N)c2cc(CC)cc(OC(C)C)c2)nc1.Cc1ccccc1F. The van der Waals surface area contributed by atoms with Crippen molar-refractivity contribution in [3.63, 3.8) is 0 Å². The molecule has 1 heterocycles. The van der Waals surface area contributed by atoms with Gasteiger partial charge in [-0.1, -0.05) is 31.7 Å². The lowest BCUT2D eigenvalue weighted by molar-refractivity contribution is 0.242. The van der Waals surface area contributed by atoms with Crippen molar-refractivity contribution >= 4 is 17.4 Å². The molecular formula is C27H32FN3O2. The number of halogens is 1. The molecule has 3 aromatic rings. The molecule has 0 unspecified atom stereocenters. The molecule has 0 radical (unpaired) electrons. The number of nitrogens with two attached hydrogens (primary N) is 1. The van der Waals surface area contributed by atoms with Crippen LogP contribution in [0.15, 0.2) is 72.4 Å². The Balaban J connectivity index is 0.000000405. The van der Waals surface area contributed by atoms with Crippen LogP contribution >= 0.6 is 0 Å². The van der Waals surface area contributed by atoms with Crippen LogP contribution in [-0.2, 0) is 11.2 Å². The van der Waals surface area contributed by atoms with Gasteiger partial charge in [0.2, 0.25) is 0 Å². The van der Waals surface area contributed by atoms with Crippen molar-refractivity contribution < 1.29 is 13.9 Å². The first-order chi connectivity index (χ1) is 15.7. The number of ether oxygens (including phenoxy) is 2. The first-order valence-electron chi connectivity index (χ1n) is 10.8. The highest BCUT2D eigenvalue weighted by Crippen LogP contribution is 2.21. The fourth-order valence-electron chi connectivity index (χ4n) is 2.83. The second kappa shape index (κ2) is 12.4. The number of methoxy groups -OCH3 is 1. The monoisotopic (exact) mass is 449 g/mol. The third-order valence-corrected chi connectivity index (χ3v) is 4.67. The molecule has 0 aliphatic carbocycles. The third-order valence-electron chi connectivity index (χ3n) is 4.67. The molecule has 2 aromatic carbocycles. The number of hydrogen-bond acceptors (Lipinski definition) is 4. The summed E-state index contributed by atoms with van der Waals surface area (Å²) in [6.45, 7) is 11.6. The predicted molar refractivity (Wildman–Crippen MR) is 133 cm³/mol. The van der Waals surface area contributed by atoms with Gasteiger partial charge in [0.1, 0.15) is 23.2 Å². The Bertz CT molecular complexity index is 1070. The van der Waals surface area contributed by atoms with Gasteiger partial charge in [0.25, 0.3) is 0 Å². The molecule has 2 N–H and O–H groups in total. The summed E-state index contributed by atoms with van der Waals surface area (Å²) in [4.78, 5) is 8.70. The molecule has 5 nitrogen and oxygen atoms in total. The smallest absolute Gasteiger partial charge is 0.154 e. The summed E-state index contributed by atoms with van der Waals surface area (Å²) in [5.41, 5.74) is 9.66. The topological polar surface area (TPSA) is 69.7 Å². The average Bonchev–Trinajstić information content (AvgIpc) is 2.80. The molecule has 0 bridgehead atoms. The molecule has 0 saturated heterocycles. The van der Waals surface area contributed by atoms with E-state index in [1.54, 1.807) is 38.4 Å². The van der Waals surface area contributed by atoms with E-state index in [4.69, 9.17) is 15.2 Å².